The third-order valence-corrected chi connectivity index (χ3v) is 3.37. The van der Waals surface area contributed by atoms with E-state index in [1.165, 1.54) is 11.1 Å². The summed E-state index contributed by atoms with van der Waals surface area (Å²) in [6.45, 7) is 2.09. The normalized spacial score (nSPS) is 10.9. The molecular weight excluding hydrogens is 276 g/mol. The van der Waals surface area contributed by atoms with Crippen LogP contribution in [0.3, 0.4) is 0 Å². The van der Waals surface area contributed by atoms with Gasteiger partial charge in [-0.3, -0.25) is 0 Å². The van der Waals surface area contributed by atoms with Crippen LogP contribution in [-0.4, -0.2) is 9.78 Å². The maximum Gasteiger partial charge on any atom is 0.0941 e. The van der Waals surface area contributed by atoms with Gasteiger partial charge < -0.3 is 0 Å². The van der Waals surface area contributed by atoms with Gasteiger partial charge in [0.1, 0.15) is 0 Å². The molecule has 2 aromatic carbocycles. The van der Waals surface area contributed by atoms with E-state index in [0.717, 1.165) is 15.7 Å². The van der Waals surface area contributed by atoms with E-state index in [1.807, 2.05) is 35.0 Å². The van der Waals surface area contributed by atoms with Crippen LogP contribution in [-0.2, 0) is 0 Å². The number of hydrogen-bond donors (Lipinski definition) is 0. The van der Waals surface area contributed by atoms with Crippen LogP contribution in [0.25, 0.3) is 16.6 Å². The predicted molar refractivity (Wildman–Crippen MR) is 73.5 cm³/mol. The van der Waals surface area contributed by atoms with Gasteiger partial charge in [-0.05, 0) is 37.3 Å². The number of rotatable bonds is 1. The van der Waals surface area contributed by atoms with Gasteiger partial charge in [-0.15, -0.1) is 0 Å². The lowest BCUT2D eigenvalue weighted by molar-refractivity contribution is 0.861. The number of nitrogens with zero attached hydrogens (tertiary/aromatic N) is 2. The molecule has 0 aliphatic rings. The van der Waals surface area contributed by atoms with Crippen LogP contribution >= 0.6 is 15.9 Å². The summed E-state index contributed by atoms with van der Waals surface area (Å²) in [5.74, 6) is 0. The Balaban J connectivity index is 2.28. The lowest BCUT2D eigenvalue weighted by Crippen LogP contribution is -1.97. The predicted octanol–water partition coefficient (Wildman–Crippen LogP) is 4.10. The van der Waals surface area contributed by atoms with Crippen LogP contribution in [0.4, 0.5) is 0 Å². The smallest absolute Gasteiger partial charge is 0.0941 e. The summed E-state index contributed by atoms with van der Waals surface area (Å²) in [6, 6.07) is 16.4. The molecule has 0 bridgehead atoms. The van der Waals surface area contributed by atoms with E-state index in [-0.39, 0.29) is 0 Å². The molecule has 1 aromatic heterocycles. The average Bonchev–Trinajstić information content (AvgIpc) is 2.67. The van der Waals surface area contributed by atoms with Gasteiger partial charge in [0.05, 0.1) is 11.2 Å². The first-order valence-electron chi connectivity index (χ1n) is 5.46. The lowest BCUT2D eigenvalue weighted by Gasteiger charge is -2.02. The molecule has 1 heterocycles. The number of aryl methyl sites for hydroxylation is 1. The summed E-state index contributed by atoms with van der Waals surface area (Å²) in [4.78, 5) is 0. The SMILES string of the molecule is Cc1c2ccc(Br)cc2nn1-c1ccccc1. The summed E-state index contributed by atoms with van der Waals surface area (Å²) >= 11 is 3.47. The summed E-state index contributed by atoms with van der Waals surface area (Å²) in [6.07, 6.45) is 0. The zero-order chi connectivity index (χ0) is 11.8. The Morgan fingerprint density at radius 2 is 1.82 bits per heavy atom. The third-order valence-electron chi connectivity index (χ3n) is 2.88. The average molecular weight is 287 g/mol. The van der Waals surface area contributed by atoms with Crippen molar-refractivity contribution in [3.8, 4) is 5.69 Å². The maximum absolute atomic E-state index is 4.63. The first-order chi connectivity index (χ1) is 8.25. The van der Waals surface area contributed by atoms with E-state index < -0.39 is 0 Å². The summed E-state index contributed by atoms with van der Waals surface area (Å²) in [5.41, 5.74) is 3.27. The van der Waals surface area contributed by atoms with E-state index in [4.69, 9.17) is 0 Å². The van der Waals surface area contributed by atoms with Gasteiger partial charge in [-0.25, -0.2) is 4.68 Å². The zero-order valence-electron chi connectivity index (χ0n) is 9.39. The first-order valence-corrected chi connectivity index (χ1v) is 6.25. The highest BCUT2D eigenvalue weighted by Gasteiger charge is 2.08. The quantitative estimate of drug-likeness (QED) is 0.659. The molecule has 0 amide bonds. The number of benzene rings is 2. The molecule has 0 saturated heterocycles. The molecule has 3 rings (SSSR count). The molecule has 0 atom stereocenters. The molecule has 0 aliphatic carbocycles. The Morgan fingerprint density at radius 1 is 1.06 bits per heavy atom. The van der Waals surface area contributed by atoms with E-state index in [1.54, 1.807) is 0 Å². The molecule has 0 spiro atoms. The van der Waals surface area contributed by atoms with Crippen LogP contribution in [0.5, 0.6) is 0 Å². The number of aromatic nitrogens is 2. The van der Waals surface area contributed by atoms with Crippen molar-refractivity contribution in [2.24, 2.45) is 0 Å². The summed E-state index contributed by atoms with van der Waals surface area (Å²) in [5, 5.41) is 5.82. The summed E-state index contributed by atoms with van der Waals surface area (Å²) in [7, 11) is 0. The van der Waals surface area contributed by atoms with Gasteiger partial charge >= 0.3 is 0 Å². The highest BCUT2D eigenvalue weighted by atomic mass is 79.9. The van der Waals surface area contributed by atoms with Gasteiger partial charge in [0, 0.05) is 15.6 Å². The highest BCUT2D eigenvalue weighted by molar-refractivity contribution is 9.10. The second-order valence-corrected chi connectivity index (χ2v) is 4.91. The lowest BCUT2D eigenvalue weighted by atomic mass is 10.2. The van der Waals surface area contributed by atoms with Gasteiger partial charge in [0.25, 0.3) is 0 Å². The fourth-order valence-corrected chi connectivity index (χ4v) is 2.36. The van der Waals surface area contributed by atoms with Crippen LogP contribution in [0, 0.1) is 6.92 Å². The maximum atomic E-state index is 4.63. The fourth-order valence-electron chi connectivity index (χ4n) is 2.01. The molecule has 84 valence electrons. The van der Waals surface area contributed by atoms with Crippen LogP contribution in [0.2, 0.25) is 0 Å². The molecule has 3 heteroatoms. The molecule has 2 nitrogen and oxygen atoms in total. The minimum absolute atomic E-state index is 1.01. The van der Waals surface area contributed by atoms with Crippen molar-refractivity contribution in [3.05, 3.63) is 58.7 Å². The van der Waals surface area contributed by atoms with Gasteiger partial charge in [0.2, 0.25) is 0 Å². The van der Waals surface area contributed by atoms with Crippen molar-refractivity contribution >= 4 is 26.8 Å². The molecule has 0 unspecified atom stereocenters. The molecule has 0 fully saturated rings. The molecule has 0 radical (unpaired) electrons. The zero-order valence-corrected chi connectivity index (χ0v) is 11.0. The monoisotopic (exact) mass is 286 g/mol. The Bertz CT molecular complexity index is 671. The largest absolute Gasteiger partial charge is 0.237 e. The van der Waals surface area contributed by atoms with Crippen molar-refractivity contribution < 1.29 is 0 Å². The van der Waals surface area contributed by atoms with Gasteiger partial charge in [0.15, 0.2) is 0 Å². The van der Waals surface area contributed by atoms with Crippen molar-refractivity contribution in [3.63, 3.8) is 0 Å². The Hall–Kier alpha value is -1.61. The van der Waals surface area contributed by atoms with Crippen molar-refractivity contribution in [1.82, 2.24) is 9.78 Å². The number of hydrogen-bond acceptors (Lipinski definition) is 1. The minimum atomic E-state index is 1.01. The van der Waals surface area contributed by atoms with Crippen LogP contribution < -0.4 is 0 Å². The molecule has 17 heavy (non-hydrogen) atoms. The van der Waals surface area contributed by atoms with E-state index in [9.17, 15) is 0 Å². The van der Waals surface area contributed by atoms with Crippen molar-refractivity contribution in [1.29, 1.82) is 0 Å². The molecule has 0 N–H and O–H groups in total. The Morgan fingerprint density at radius 3 is 2.59 bits per heavy atom. The van der Waals surface area contributed by atoms with E-state index >= 15 is 0 Å². The minimum Gasteiger partial charge on any atom is -0.237 e. The highest BCUT2D eigenvalue weighted by Crippen LogP contribution is 2.23. The second-order valence-electron chi connectivity index (χ2n) is 3.99. The standard InChI is InChI=1S/C14H11BrN2/c1-10-13-8-7-11(15)9-14(13)16-17(10)12-5-3-2-4-6-12/h2-9H,1H3. The van der Waals surface area contributed by atoms with Crippen molar-refractivity contribution in [2.45, 2.75) is 6.92 Å². The molecule has 3 aromatic rings. The third kappa shape index (κ3) is 1.76. The Kier molecular flexibility index (Phi) is 2.48. The molecule has 0 saturated carbocycles. The van der Waals surface area contributed by atoms with E-state index in [2.05, 4.69) is 46.2 Å². The summed E-state index contributed by atoms with van der Waals surface area (Å²) < 4.78 is 3.04. The van der Waals surface area contributed by atoms with Crippen LogP contribution in [0.15, 0.2) is 53.0 Å². The fraction of sp³-hybridized carbons (Fsp3) is 0.0714. The van der Waals surface area contributed by atoms with E-state index in [0.29, 0.717) is 0 Å². The topological polar surface area (TPSA) is 17.8 Å². The van der Waals surface area contributed by atoms with Gasteiger partial charge in [-0.1, -0.05) is 34.1 Å². The van der Waals surface area contributed by atoms with Crippen molar-refractivity contribution in [2.75, 3.05) is 0 Å². The van der Waals surface area contributed by atoms with Gasteiger partial charge in [-0.2, -0.15) is 5.10 Å². The second kappa shape index (κ2) is 4.00. The number of para-hydroxylation sites is 1. The number of halogens is 1. The Labute approximate surface area is 108 Å². The first kappa shape index (κ1) is 10.5. The molecule has 0 aliphatic heterocycles. The van der Waals surface area contributed by atoms with Crippen LogP contribution in [0.1, 0.15) is 5.69 Å². The molecular formula is C14H11BrN2. The number of fused-ring (bicyclic) bond motifs is 1.